The molecule has 1 aromatic heterocycles. The zero-order valence-electron chi connectivity index (χ0n) is 15.0. The fourth-order valence-electron chi connectivity index (χ4n) is 2.52. The van der Waals surface area contributed by atoms with E-state index in [1.165, 1.54) is 36.9 Å². The number of halogens is 2. The molecule has 0 saturated heterocycles. The molecule has 1 atom stereocenters. The molecule has 0 aliphatic carbocycles. The van der Waals surface area contributed by atoms with E-state index in [1.807, 2.05) is 0 Å². The van der Waals surface area contributed by atoms with Crippen molar-refractivity contribution in [3.05, 3.63) is 52.8 Å². The lowest BCUT2D eigenvalue weighted by Crippen LogP contribution is -2.13. The summed E-state index contributed by atoms with van der Waals surface area (Å²) in [5.41, 5.74) is 7.35. The first-order valence-corrected chi connectivity index (χ1v) is 10.4. The number of hydrogen-bond donors (Lipinski definition) is 2. The zero-order valence-corrected chi connectivity index (χ0v) is 16.6. The van der Waals surface area contributed by atoms with Crippen LogP contribution in [0.15, 0.2) is 36.4 Å². The standard InChI is InChI=1S/C18H17ClFN5O2S/c1-27-15-8-12(20)4-5-13(15)17-23-16(24-18(21)25-17)10-3-6-14(19)11(7-10)9-28(2,22)26/h3-9H,1-2H3,(H2,22,26)(H2,21,23,24,25). The zero-order chi connectivity index (χ0) is 20.5. The van der Waals surface area contributed by atoms with E-state index >= 15 is 0 Å². The third-order valence-corrected chi connectivity index (χ3v) is 4.74. The highest BCUT2D eigenvalue weighted by atomic mass is 35.5. The number of benzene rings is 2. The molecule has 3 rings (SSSR count). The van der Waals surface area contributed by atoms with Gasteiger partial charge in [0, 0.05) is 43.5 Å². The van der Waals surface area contributed by atoms with Crippen LogP contribution in [0.2, 0.25) is 5.02 Å². The SMILES string of the molecule is COc1cc(F)ccc1-c1nc(N)nc(-c2ccc(Cl)c(C=S(C)(N)=O)c2)n1. The second-order valence-corrected chi connectivity index (χ2v) is 8.58. The molecule has 0 aliphatic heterocycles. The van der Waals surface area contributed by atoms with Crippen LogP contribution < -0.4 is 15.6 Å². The summed E-state index contributed by atoms with van der Waals surface area (Å²) in [6, 6.07) is 8.95. The summed E-state index contributed by atoms with van der Waals surface area (Å²) in [7, 11) is -1.24. The van der Waals surface area contributed by atoms with E-state index in [9.17, 15) is 8.60 Å². The van der Waals surface area contributed by atoms with Crippen molar-refractivity contribution in [2.45, 2.75) is 0 Å². The van der Waals surface area contributed by atoms with Gasteiger partial charge in [0.05, 0.1) is 12.7 Å². The highest BCUT2D eigenvalue weighted by Gasteiger charge is 2.14. The van der Waals surface area contributed by atoms with Crippen LogP contribution in [0.3, 0.4) is 0 Å². The van der Waals surface area contributed by atoms with E-state index in [0.29, 0.717) is 21.7 Å². The predicted octanol–water partition coefficient (Wildman–Crippen LogP) is 2.53. The molecule has 4 N–H and O–H groups in total. The van der Waals surface area contributed by atoms with E-state index < -0.39 is 15.5 Å². The lowest BCUT2D eigenvalue weighted by atomic mass is 10.1. The first-order chi connectivity index (χ1) is 13.2. The first kappa shape index (κ1) is 20.0. The third kappa shape index (κ3) is 4.56. The summed E-state index contributed by atoms with van der Waals surface area (Å²) in [4.78, 5) is 12.7. The van der Waals surface area contributed by atoms with Crippen molar-refractivity contribution in [2.75, 3.05) is 19.1 Å². The number of hydrogen-bond acceptors (Lipinski definition) is 6. The van der Waals surface area contributed by atoms with E-state index in [2.05, 4.69) is 15.0 Å². The largest absolute Gasteiger partial charge is 0.496 e. The van der Waals surface area contributed by atoms with Gasteiger partial charge in [-0.1, -0.05) is 11.6 Å². The number of anilines is 1. The van der Waals surface area contributed by atoms with Crippen LogP contribution in [-0.2, 0) is 9.71 Å². The summed E-state index contributed by atoms with van der Waals surface area (Å²) in [6.45, 7) is 0. The lowest BCUT2D eigenvalue weighted by molar-refractivity contribution is 0.412. The van der Waals surface area contributed by atoms with E-state index in [-0.39, 0.29) is 23.3 Å². The quantitative estimate of drug-likeness (QED) is 0.625. The number of methoxy groups -OCH3 is 1. The molecule has 0 bridgehead atoms. The minimum Gasteiger partial charge on any atom is -0.496 e. The van der Waals surface area contributed by atoms with Gasteiger partial charge in [-0.25, -0.2) is 9.37 Å². The number of nitrogen functional groups attached to an aromatic ring is 1. The van der Waals surface area contributed by atoms with Crippen LogP contribution in [0.5, 0.6) is 5.75 Å². The lowest BCUT2D eigenvalue weighted by Gasteiger charge is -2.10. The molecule has 0 radical (unpaired) electrons. The van der Waals surface area contributed by atoms with Crippen molar-refractivity contribution in [3.63, 3.8) is 0 Å². The van der Waals surface area contributed by atoms with Gasteiger partial charge in [-0.3, -0.25) is 9.35 Å². The Bertz CT molecular complexity index is 1170. The van der Waals surface area contributed by atoms with Gasteiger partial charge in [-0.2, -0.15) is 9.97 Å². The van der Waals surface area contributed by atoms with Crippen LogP contribution in [0.25, 0.3) is 22.8 Å². The number of nitrogens with two attached hydrogens (primary N) is 2. The molecule has 1 unspecified atom stereocenters. The molecule has 0 fully saturated rings. The number of nitrogens with zero attached hydrogens (tertiary/aromatic N) is 3. The van der Waals surface area contributed by atoms with Crippen LogP contribution in [0.1, 0.15) is 5.56 Å². The summed E-state index contributed by atoms with van der Waals surface area (Å²) in [5.74, 6) is 0.268. The Morgan fingerprint density at radius 2 is 1.86 bits per heavy atom. The van der Waals surface area contributed by atoms with Crippen LogP contribution >= 0.6 is 11.6 Å². The highest BCUT2D eigenvalue weighted by Crippen LogP contribution is 2.30. The molecule has 0 saturated carbocycles. The molecule has 3 aromatic rings. The number of ether oxygens (including phenoxy) is 1. The third-order valence-electron chi connectivity index (χ3n) is 3.67. The molecule has 1 heterocycles. The molecular formula is C18H17ClFN5O2S. The van der Waals surface area contributed by atoms with Gasteiger partial charge in [-0.15, -0.1) is 0 Å². The van der Waals surface area contributed by atoms with Crippen molar-refractivity contribution >= 4 is 32.6 Å². The Labute approximate surface area is 166 Å². The van der Waals surface area contributed by atoms with Crippen molar-refractivity contribution in [1.29, 1.82) is 0 Å². The van der Waals surface area contributed by atoms with Gasteiger partial charge in [0.15, 0.2) is 11.6 Å². The predicted molar refractivity (Wildman–Crippen MR) is 110 cm³/mol. The second kappa shape index (κ2) is 7.70. The van der Waals surface area contributed by atoms with Crippen molar-refractivity contribution < 1.29 is 13.3 Å². The average Bonchev–Trinajstić information content (AvgIpc) is 2.61. The molecule has 146 valence electrons. The topological polar surface area (TPSA) is 117 Å². The van der Waals surface area contributed by atoms with Crippen LogP contribution in [0, 0.1) is 5.82 Å². The van der Waals surface area contributed by atoms with Crippen molar-refractivity contribution in [3.8, 4) is 28.5 Å². The monoisotopic (exact) mass is 421 g/mol. The van der Waals surface area contributed by atoms with Gasteiger partial charge in [0.1, 0.15) is 11.6 Å². The van der Waals surface area contributed by atoms with Gasteiger partial charge >= 0.3 is 0 Å². The smallest absolute Gasteiger partial charge is 0.224 e. The van der Waals surface area contributed by atoms with Crippen LogP contribution in [0.4, 0.5) is 10.3 Å². The maximum Gasteiger partial charge on any atom is 0.224 e. The number of rotatable bonds is 4. The fourth-order valence-corrected chi connectivity index (χ4v) is 3.45. The Hall–Kier alpha value is -2.75. The average molecular weight is 422 g/mol. The van der Waals surface area contributed by atoms with Gasteiger partial charge in [0.25, 0.3) is 0 Å². The maximum atomic E-state index is 13.5. The molecule has 28 heavy (non-hydrogen) atoms. The molecular weight excluding hydrogens is 405 g/mol. The summed E-state index contributed by atoms with van der Waals surface area (Å²) >= 11 is 6.16. The summed E-state index contributed by atoms with van der Waals surface area (Å²) in [6.07, 6.45) is 1.40. The minimum absolute atomic E-state index is 0.0232. The number of aromatic nitrogens is 3. The normalized spacial score (nSPS) is 13.0. The second-order valence-electron chi connectivity index (χ2n) is 6.01. The van der Waals surface area contributed by atoms with Gasteiger partial charge in [0.2, 0.25) is 5.95 Å². The van der Waals surface area contributed by atoms with Crippen molar-refractivity contribution in [1.82, 2.24) is 15.0 Å². The van der Waals surface area contributed by atoms with Gasteiger partial charge < -0.3 is 10.5 Å². The van der Waals surface area contributed by atoms with Gasteiger partial charge in [-0.05, 0) is 30.3 Å². The van der Waals surface area contributed by atoms with E-state index in [0.717, 1.165) is 0 Å². The molecule has 0 aliphatic rings. The Morgan fingerprint density at radius 3 is 2.54 bits per heavy atom. The van der Waals surface area contributed by atoms with E-state index in [1.54, 1.807) is 18.2 Å². The molecule has 2 aromatic carbocycles. The fraction of sp³-hybridized carbons (Fsp3) is 0.111. The molecule has 0 spiro atoms. The molecule has 7 nitrogen and oxygen atoms in total. The summed E-state index contributed by atoms with van der Waals surface area (Å²) in [5, 5.41) is 7.36. The molecule has 10 heteroatoms. The maximum absolute atomic E-state index is 13.5. The minimum atomic E-state index is -2.66. The Kier molecular flexibility index (Phi) is 5.50. The van der Waals surface area contributed by atoms with Crippen LogP contribution in [-0.4, -0.2) is 37.9 Å². The molecule has 0 amide bonds. The van der Waals surface area contributed by atoms with Crippen molar-refractivity contribution in [2.24, 2.45) is 5.14 Å². The Morgan fingerprint density at radius 1 is 1.14 bits per heavy atom. The Balaban J connectivity index is 2.16. The first-order valence-electron chi connectivity index (χ1n) is 7.93. The van der Waals surface area contributed by atoms with E-state index in [4.69, 9.17) is 27.2 Å². The highest BCUT2D eigenvalue weighted by molar-refractivity contribution is 7.98. The summed E-state index contributed by atoms with van der Waals surface area (Å²) < 4.78 is 30.6.